The molecule has 2 saturated heterocycles. The molecule has 7 atom stereocenters. The molecular formula is C34H36ClN3O7. The normalized spacial score (nSPS) is 32.7. The summed E-state index contributed by atoms with van der Waals surface area (Å²) in [5.74, 6) is -3.88. The Labute approximate surface area is 266 Å². The molecule has 3 amide bonds. The van der Waals surface area contributed by atoms with Gasteiger partial charge in [-0.05, 0) is 31.0 Å². The van der Waals surface area contributed by atoms with Crippen molar-refractivity contribution < 1.29 is 33.8 Å². The third-order valence-corrected chi connectivity index (χ3v) is 9.73. The number of likely N-dealkylation sites (tertiary alicyclic amines) is 1. The Balaban J connectivity index is 1.45. The fourth-order valence-corrected chi connectivity index (χ4v) is 7.36. The van der Waals surface area contributed by atoms with E-state index in [1.54, 1.807) is 60.5 Å². The number of allylic oxidation sites excluding steroid dienone is 1. The van der Waals surface area contributed by atoms with Gasteiger partial charge in [0.15, 0.2) is 0 Å². The molecule has 2 fully saturated rings. The number of carbonyl (C=O) groups is 4. The molecule has 0 aromatic heterocycles. The van der Waals surface area contributed by atoms with E-state index in [1.165, 1.54) is 9.80 Å². The van der Waals surface area contributed by atoms with Crippen molar-refractivity contribution in [1.82, 2.24) is 9.80 Å². The minimum absolute atomic E-state index is 0.101. The molecule has 0 saturated carbocycles. The summed E-state index contributed by atoms with van der Waals surface area (Å²) in [6.45, 7) is 1.47. The fourth-order valence-electron chi connectivity index (χ4n) is 7.12. The van der Waals surface area contributed by atoms with E-state index in [0.29, 0.717) is 22.7 Å². The molecule has 0 radical (unpaired) electrons. The van der Waals surface area contributed by atoms with Crippen LogP contribution < -0.4 is 4.90 Å². The quantitative estimate of drug-likeness (QED) is 0.406. The number of esters is 1. The number of halogens is 1. The minimum Gasteiger partial charge on any atom is -0.455 e. The van der Waals surface area contributed by atoms with Gasteiger partial charge in [0.25, 0.3) is 5.91 Å². The number of ether oxygens (including phenoxy) is 2. The summed E-state index contributed by atoms with van der Waals surface area (Å²) >= 11 is 6.50. The van der Waals surface area contributed by atoms with Gasteiger partial charge in [0.1, 0.15) is 23.7 Å². The number of aliphatic hydroxyl groups is 1. The van der Waals surface area contributed by atoms with Crippen molar-refractivity contribution in [3.63, 3.8) is 0 Å². The summed E-state index contributed by atoms with van der Waals surface area (Å²) in [7, 11) is 1.69. The molecule has 10 nitrogen and oxygen atoms in total. The number of hydrogen-bond acceptors (Lipinski definition) is 7. The van der Waals surface area contributed by atoms with Crippen LogP contribution in [-0.4, -0.2) is 89.1 Å². The SMILES string of the molecule is C[C@H]1[C@H](c2ccccc2)OC(=O)[C@@H]2[C@H](/C=C\CCC(=O)N1C)O[C@@]13C=CCN(c4ccccc4Cl)C(=O)[C@@H]1N(CCO)C(=O)[C@@H]23. The Morgan fingerprint density at radius 1 is 1.00 bits per heavy atom. The number of anilines is 1. The average Bonchev–Trinajstić information content (AvgIpc) is 3.42. The number of β-amino-alcohol motifs (C(OH)–C–C–N with tert-alkyl or cyclic N) is 1. The van der Waals surface area contributed by atoms with Gasteiger partial charge in [0.2, 0.25) is 11.8 Å². The largest absolute Gasteiger partial charge is 0.455 e. The Hall–Kier alpha value is -3.99. The number of carbonyl (C=O) groups excluding carboxylic acids is 4. The van der Waals surface area contributed by atoms with Crippen molar-refractivity contribution in [2.75, 3.05) is 31.6 Å². The molecular weight excluding hydrogens is 598 g/mol. The molecule has 0 aliphatic carbocycles. The van der Waals surface area contributed by atoms with Crippen molar-refractivity contribution >= 4 is 41.0 Å². The summed E-state index contributed by atoms with van der Waals surface area (Å²) in [6.07, 6.45) is 5.85. The molecule has 6 rings (SSSR count). The van der Waals surface area contributed by atoms with Crippen molar-refractivity contribution in [2.45, 2.75) is 49.7 Å². The first kappa shape index (κ1) is 31.0. The molecule has 11 heteroatoms. The van der Waals surface area contributed by atoms with E-state index in [-0.39, 0.29) is 32.0 Å². The molecule has 236 valence electrons. The predicted molar refractivity (Wildman–Crippen MR) is 166 cm³/mol. The van der Waals surface area contributed by atoms with Crippen LogP contribution in [0.1, 0.15) is 31.4 Å². The van der Waals surface area contributed by atoms with Crippen LogP contribution >= 0.6 is 11.6 Å². The van der Waals surface area contributed by atoms with Gasteiger partial charge in [-0.15, -0.1) is 0 Å². The molecule has 0 bridgehead atoms. The first-order valence-corrected chi connectivity index (χ1v) is 15.6. The smallest absolute Gasteiger partial charge is 0.313 e. The van der Waals surface area contributed by atoms with Crippen molar-refractivity contribution in [2.24, 2.45) is 11.8 Å². The van der Waals surface area contributed by atoms with Gasteiger partial charge in [-0.25, -0.2) is 0 Å². The van der Waals surface area contributed by atoms with Crippen LogP contribution in [0.3, 0.4) is 0 Å². The van der Waals surface area contributed by atoms with Crippen molar-refractivity contribution in [3.05, 3.63) is 89.5 Å². The molecule has 4 heterocycles. The number of cyclic esters (lactones) is 1. The standard InChI is InChI=1S/C34H36ClN3O7/c1-21-29(22-11-4-3-5-12-22)44-33(43)27-25(15-8-9-16-26(40)36(21)2)45-34-17-10-18-37(24-14-7-6-13-23(24)35)32(42)30(34)38(19-20-39)31(41)28(27)34/h3-8,10-15,17,21,25,27-30,39H,9,16,18-20H2,1-2H3/b15-8-/t21-,25-,27+,28+,29+,30-,34+/m0/s1. The summed E-state index contributed by atoms with van der Waals surface area (Å²) in [4.78, 5) is 60.5. The van der Waals surface area contributed by atoms with Gasteiger partial charge in [-0.3, -0.25) is 19.2 Å². The molecule has 2 aromatic rings. The third kappa shape index (κ3) is 5.24. The summed E-state index contributed by atoms with van der Waals surface area (Å²) in [5.41, 5.74) is -0.338. The van der Waals surface area contributed by atoms with E-state index in [9.17, 15) is 24.3 Å². The van der Waals surface area contributed by atoms with Gasteiger partial charge in [0.05, 0.1) is 35.4 Å². The molecule has 0 unspecified atom stereocenters. The highest BCUT2D eigenvalue weighted by Gasteiger charge is 2.72. The molecule has 45 heavy (non-hydrogen) atoms. The number of likely N-dealkylation sites (N-methyl/N-ethyl adjacent to an activating group) is 1. The van der Waals surface area contributed by atoms with Gasteiger partial charge in [-0.2, -0.15) is 0 Å². The first-order chi connectivity index (χ1) is 21.7. The topological polar surface area (TPSA) is 117 Å². The highest BCUT2D eigenvalue weighted by molar-refractivity contribution is 6.34. The number of nitrogens with zero attached hydrogens (tertiary/aromatic N) is 3. The van der Waals surface area contributed by atoms with Crippen LogP contribution in [0.5, 0.6) is 0 Å². The number of benzene rings is 2. The Morgan fingerprint density at radius 3 is 2.47 bits per heavy atom. The van der Waals surface area contributed by atoms with Crippen LogP contribution in [0, 0.1) is 11.8 Å². The maximum atomic E-state index is 14.4. The van der Waals surface area contributed by atoms with Crippen LogP contribution in [0.4, 0.5) is 5.69 Å². The zero-order valence-electron chi connectivity index (χ0n) is 25.1. The number of aliphatic hydroxyl groups excluding tert-OH is 1. The highest BCUT2D eigenvalue weighted by Crippen LogP contribution is 2.53. The lowest BCUT2D eigenvalue weighted by molar-refractivity contribution is -0.164. The lowest BCUT2D eigenvalue weighted by Crippen LogP contribution is -2.55. The summed E-state index contributed by atoms with van der Waals surface area (Å²) < 4.78 is 12.9. The lowest BCUT2D eigenvalue weighted by atomic mass is 9.77. The second-order valence-corrected chi connectivity index (χ2v) is 12.3. The van der Waals surface area contributed by atoms with E-state index in [4.69, 9.17) is 21.1 Å². The van der Waals surface area contributed by atoms with Gasteiger partial charge >= 0.3 is 5.97 Å². The van der Waals surface area contributed by atoms with E-state index in [0.717, 1.165) is 0 Å². The van der Waals surface area contributed by atoms with Gasteiger partial charge in [-0.1, -0.05) is 78.4 Å². The average molecular weight is 634 g/mol. The van der Waals surface area contributed by atoms with Gasteiger partial charge < -0.3 is 29.3 Å². The second-order valence-electron chi connectivity index (χ2n) is 11.9. The number of hydrogen-bond donors (Lipinski definition) is 1. The molecule has 2 aromatic carbocycles. The highest BCUT2D eigenvalue weighted by atomic mass is 35.5. The molecule has 1 spiro atoms. The first-order valence-electron chi connectivity index (χ1n) is 15.2. The Morgan fingerprint density at radius 2 is 1.73 bits per heavy atom. The molecule has 4 aliphatic rings. The summed E-state index contributed by atoms with van der Waals surface area (Å²) in [5, 5.41) is 10.3. The van der Waals surface area contributed by atoms with E-state index < -0.39 is 59.5 Å². The number of para-hydroxylation sites is 1. The Bertz CT molecular complexity index is 1550. The van der Waals surface area contributed by atoms with Crippen LogP contribution in [0.15, 0.2) is 78.9 Å². The van der Waals surface area contributed by atoms with Crippen LogP contribution in [0.2, 0.25) is 5.02 Å². The number of rotatable bonds is 4. The third-order valence-electron chi connectivity index (χ3n) is 9.41. The fraction of sp³-hybridized carbons (Fsp3) is 0.412. The van der Waals surface area contributed by atoms with Crippen molar-refractivity contribution in [3.8, 4) is 0 Å². The minimum atomic E-state index is -1.52. The predicted octanol–water partition coefficient (Wildman–Crippen LogP) is 3.30. The van der Waals surface area contributed by atoms with E-state index >= 15 is 0 Å². The number of amides is 3. The molecule has 4 aliphatic heterocycles. The maximum Gasteiger partial charge on any atom is 0.313 e. The zero-order valence-corrected chi connectivity index (χ0v) is 25.9. The van der Waals surface area contributed by atoms with Crippen LogP contribution in [0.25, 0.3) is 0 Å². The number of fused-ring (bicyclic) bond motifs is 2. The Kier molecular flexibility index (Phi) is 8.56. The second kappa shape index (κ2) is 12.4. The van der Waals surface area contributed by atoms with Crippen LogP contribution in [-0.2, 0) is 28.7 Å². The van der Waals surface area contributed by atoms with E-state index in [2.05, 4.69) is 0 Å². The van der Waals surface area contributed by atoms with Gasteiger partial charge in [0, 0.05) is 26.6 Å². The summed E-state index contributed by atoms with van der Waals surface area (Å²) in [6, 6.07) is 14.4. The molecule has 1 N–H and O–H groups in total. The zero-order chi connectivity index (χ0) is 31.9. The van der Waals surface area contributed by atoms with Crippen molar-refractivity contribution in [1.29, 1.82) is 0 Å². The monoisotopic (exact) mass is 633 g/mol. The van der Waals surface area contributed by atoms with E-state index in [1.807, 2.05) is 37.3 Å². The lowest BCUT2D eigenvalue weighted by Gasteiger charge is -2.35. The maximum absolute atomic E-state index is 14.4.